The molecule has 2 rings (SSSR count). The van der Waals surface area contributed by atoms with E-state index in [4.69, 9.17) is 29.0 Å². The van der Waals surface area contributed by atoms with Crippen LogP contribution in [-0.4, -0.2) is 0 Å². The van der Waals surface area contributed by atoms with Crippen LogP contribution < -0.4 is 11.3 Å². The minimum Gasteiger partial charge on any atom is -0.271 e. The first-order valence-corrected chi connectivity index (χ1v) is 7.72. The normalized spacial score (nSPS) is 12.7. The first kappa shape index (κ1) is 15.2. The Hall–Kier alpha value is -0.170. The van der Waals surface area contributed by atoms with Crippen LogP contribution in [0.3, 0.4) is 0 Å². The summed E-state index contributed by atoms with van der Waals surface area (Å²) in [5.41, 5.74) is 4.31. The smallest absolute Gasteiger partial charge is 0.123 e. The minimum absolute atomic E-state index is 0.227. The van der Waals surface area contributed by atoms with Crippen molar-refractivity contribution >= 4 is 50.5 Å². The molecule has 0 spiro atoms. The van der Waals surface area contributed by atoms with Gasteiger partial charge >= 0.3 is 0 Å². The van der Waals surface area contributed by atoms with Crippen LogP contribution in [0.1, 0.15) is 17.2 Å². The molecule has 102 valence electrons. The van der Waals surface area contributed by atoms with Crippen molar-refractivity contribution in [3.8, 4) is 0 Å². The lowest BCUT2D eigenvalue weighted by Crippen LogP contribution is -2.29. The number of hydrogen-bond acceptors (Lipinski definition) is 3. The zero-order chi connectivity index (χ0) is 14.0. The average molecular weight is 384 g/mol. The molecule has 1 atom stereocenters. The number of thiophene rings is 1. The summed E-state index contributed by atoms with van der Waals surface area (Å²) >= 11 is 16.7. The zero-order valence-corrected chi connectivity index (χ0v) is 13.5. The second-order valence-corrected chi connectivity index (χ2v) is 7.08. The van der Waals surface area contributed by atoms with Crippen molar-refractivity contribution in [3.63, 3.8) is 0 Å². The van der Waals surface area contributed by atoms with Crippen molar-refractivity contribution in [1.29, 1.82) is 0 Å². The summed E-state index contributed by atoms with van der Waals surface area (Å²) in [6, 6.07) is 6.07. The quantitative estimate of drug-likeness (QED) is 0.592. The lowest BCUT2D eigenvalue weighted by atomic mass is 10.0. The molecule has 7 heteroatoms. The number of rotatable bonds is 4. The van der Waals surface area contributed by atoms with Crippen LogP contribution in [0, 0.1) is 5.82 Å². The molecule has 19 heavy (non-hydrogen) atoms. The number of nitrogens with one attached hydrogen (secondary N) is 1. The van der Waals surface area contributed by atoms with Crippen LogP contribution >= 0.6 is 50.5 Å². The third kappa shape index (κ3) is 3.68. The minimum atomic E-state index is -0.289. The number of halogens is 4. The van der Waals surface area contributed by atoms with E-state index in [1.165, 1.54) is 23.5 Å². The fraction of sp³-hybridized carbons (Fsp3) is 0.167. The first-order valence-electron chi connectivity index (χ1n) is 5.36. The van der Waals surface area contributed by atoms with Crippen molar-refractivity contribution in [2.24, 2.45) is 5.84 Å². The Morgan fingerprint density at radius 3 is 2.68 bits per heavy atom. The van der Waals surface area contributed by atoms with Crippen LogP contribution in [0.25, 0.3) is 0 Å². The molecule has 1 aromatic heterocycles. The van der Waals surface area contributed by atoms with Gasteiger partial charge in [0.1, 0.15) is 5.82 Å². The van der Waals surface area contributed by atoms with Crippen molar-refractivity contribution in [3.05, 3.63) is 54.4 Å². The zero-order valence-electron chi connectivity index (χ0n) is 9.59. The van der Waals surface area contributed by atoms with E-state index in [1.807, 2.05) is 0 Å². The van der Waals surface area contributed by atoms with Gasteiger partial charge in [-0.15, -0.1) is 11.3 Å². The Morgan fingerprint density at radius 1 is 1.37 bits per heavy atom. The van der Waals surface area contributed by atoms with Crippen LogP contribution in [0.4, 0.5) is 4.39 Å². The topological polar surface area (TPSA) is 38.0 Å². The van der Waals surface area contributed by atoms with Gasteiger partial charge in [-0.05, 0) is 36.2 Å². The molecular formula is C12H10BrCl2FN2S. The van der Waals surface area contributed by atoms with Gasteiger partial charge in [-0.25, -0.2) is 4.39 Å². The molecule has 0 radical (unpaired) electrons. The van der Waals surface area contributed by atoms with Gasteiger partial charge in [0, 0.05) is 10.0 Å². The lowest BCUT2D eigenvalue weighted by Gasteiger charge is -2.16. The van der Waals surface area contributed by atoms with E-state index in [1.54, 1.807) is 12.1 Å². The third-order valence-electron chi connectivity index (χ3n) is 2.69. The van der Waals surface area contributed by atoms with Gasteiger partial charge in [0.05, 0.1) is 14.7 Å². The molecule has 0 saturated heterocycles. The number of hydrogen-bond donors (Lipinski definition) is 2. The van der Waals surface area contributed by atoms with Crippen LogP contribution in [0.15, 0.2) is 28.7 Å². The molecule has 0 fully saturated rings. The fourth-order valence-corrected chi connectivity index (χ4v) is 3.76. The average Bonchev–Trinajstić information content (AvgIpc) is 2.69. The summed E-state index contributed by atoms with van der Waals surface area (Å²) < 4.78 is 15.3. The van der Waals surface area contributed by atoms with E-state index in [0.29, 0.717) is 15.1 Å². The molecule has 2 nitrogen and oxygen atoms in total. The second kappa shape index (κ2) is 6.52. The molecule has 0 aliphatic carbocycles. The summed E-state index contributed by atoms with van der Waals surface area (Å²) in [6.07, 6.45) is 0.502. The van der Waals surface area contributed by atoms with Crippen LogP contribution in [0.2, 0.25) is 8.67 Å². The molecule has 0 aliphatic rings. The van der Waals surface area contributed by atoms with Crippen LogP contribution in [0.5, 0.6) is 0 Å². The van der Waals surface area contributed by atoms with E-state index in [9.17, 15) is 4.39 Å². The molecular weight excluding hydrogens is 374 g/mol. The third-order valence-corrected chi connectivity index (χ3v) is 4.98. The van der Waals surface area contributed by atoms with Gasteiger partial charge in [0.15, 0.2) is 0 Å². The SMILES string of the molecule is NNC(Cc1cc(F)ccc1Br)c1cc(Cl)sc1Cl. The van der Waals surface area contributed by atoms with Gasteiger partial charge in [-0.1, -0.05) is 39.1 Å². The Bertz CT molecular complexity index is 591. The molecule has 0 bridgehead atoms. The number of benzene rings is 1. The Morgan fingerprint density at radius 2 is 2.11 bits per heavy atom. The molecule has 2 aromatic rings. The van der Waals surface area contributed by atoms with E-state index in [2.05, 4.69) is 21.4 Å². The predicted molar refractivity (Wildman–Crippen MR) is 82.2 cm³/mol. The second-order valence-electron chi connectivity index (χ2n) is 3.94. The molecule has 0 saturated carbocycles. The molecule has 1 unspecified atom stereocenters. The lowest BCUT2D eigenvalue weighted by molar-refractivity contribution is 0.549. The number of hydrazine groups is 1. The highest BCUT2D eigenvalue weighted by Gasteiger charge is 2.18. The van der Waals surface area contributed by atoms with Crippen molar-refractivity contribution in [1.82, 2.24) is 5.43 Å². The fourth-order valence-electron chi connectivity index (χ4n) is 1.77. The van der Waals surface area contributed by atoms with Crippen LogP contribution in [-0.2, 0) is 6.42 Å². The first-order chi connectivity index (χ1) is 9.01. The van der Waals surface area contributed by atoms with Crippen molar-refractivity contribution in [2.45, 2.75) is 12.5 Å². The molecule has 1 aromatic carbocycles. The Kier molecular flexibility index (Phi) is 5.22. The molecule has 3 N–H and O–H groups in total. The highest BCUT2D eigenvalue weighted by molar-refractivity contribution is 9.10. The van der Waals surface area contributed by atoms with E-state index >= 15 is 0 Å². The Labute approximate surface area is 132 Å². The summed E-state index contributed by atoms with van der Waals surface area (Å²) in [5, 5.41) is 0. The van der Waals surface area contributed by atoms with Gasteiger partial charge in [0.25, 0.3) is 0 Å². The largest absolute Gasteiger partial charge is 0.271 e. The van der Waals surface area contributed by atoms with E-state index in [0.717, 1.165) is 15.6 Å². The van der Waals surface area contributed by atoms with Crippen molar-refractivity contribution < 1.29 is 4.39 Å². The summed E-state index contributed by atoms with van der Waals surface area (Å²) in [4.78, 5) is 0. The summed E-state index contributed by atoms with van der Waals surface area (Å²) in [6.45, 7) is 0. The summed E-state index contributed by atoms with van der Waals surface area (Å²) in [5.74, 6) is 5.27. The molecule has 0 aliphatic heterocycles. The standard InChI is InChI=1S/C12H10BrCl2FN2S/c13-9-2-1-7(16)3-6(9)4-10(18-17)8-5-11(14)19-12(8)15/h1-3,5,10,18H,4,17H2. The van der Waals surface area contributed by atoms with Gasteiger partial charge in [-0.3, -0.25) is 11.3 Å². The predicted octanol–water partition coefficient (Wildman–Crippen LogP) is 4.70. The van der Waals surface area contributed by atoms with Gasteiger partial charge < -0.3 is 0 Å². The van der Waals surface area contributed by atoms with E-state index in [-0.39, 0.29) is 11.9 Å². The van der Waals surface area contributed by atoms with Gasteiger partial charge in [0.2, 0.25) is 0 Å². The van der Waals surface area contributed by atoms with Gasteiger partial charge in [-0.2, -0.15) is 0 Å². The maximum Gasteiger partial charge on any atom is 0.123 e. The van der Waals surface area contributed by atoms with Crippen molar-refractivity contribution in [2.75, 3.05) is 0 Å². The maximum absolute atomic E-state index is 13.3. The highest BCUT2D eigenvalue weighted by Crippen LogP contribution is 2.36. The number of nitrogens with two attached hydrogens (primary N) is 1. The van der Waals surface area contributed by atoms with E-state index < -0.39 is 0 Å². The monoisotopic (exact) mass is 382 g/mol. The molecule has 0 amide bonds. The highest BCUT2D eigenvalue weighted by atomic mass is 79.9. The Balaban J connectivity index is 2.29. The molecule has 1 heterocycles. The summed E-state index contributed by atoms with van der Waals surface area (Å²) in [7, 11) is 0. The maximum atomic E-state index is 13.3.